The van der Waals surface area contributed by atoms with Gasteiger partial charge < -0.3 is 15.0 Å². The van der Waals surface area contributed by atoms with Crippen molar-refractivity contribution in [2.45, 2.75) is 26.7 Å². The minimum absolute atomic E-state index is 0.673. The monoisotopic (exact) mass is 300 g/mol. The van der Waals surface area contributed by atoms with Crippen molar-refractivity contribution < 1.29 is 4.74 Å². The van der Waals surface area contributed by atoms with Gasteiger partial charge in [0.05, 0.1) is 6.61 Å². The molecule has 2 aromatic rings. The van der Waals surface area contributed by atoms with E-state index in [-0.39, 0.29) is 0 Å². The zero-order valence-electron chi connectivity index (χ0n) is 13.5. The average Bonchev–Trinajstić information content (AvgIpc) is 2.55. The molecule has 0 aliphatic carbocycles. The second-order valence-electron chi connectivity index (χ2n) is 5.10. The highest BCUT2D eigenvalue weighted by Gasteiger charge is 2.05. The summed E-state index contributed by atoms with van der Waals surface area (Å²) < 4.78 is 5.44. The van der Waals surface area contributed by atoms with Crippen molar-refractivity contribution in [1.29, 1.82) is 0 Å². The summed E-state index contributed by atoms with van der Waals surface area (Å²) >= 11 is 0. The predicted molar refractivity (Wildman–Crippen MR) is 91.1 cm³/mol. The second kappa shape index (κ2) is 8.22. The van der Waals surface area contributed by atoms with E-state index >= 15 is 0 Å². The standard InChI is InChI=1S/C17H24N4O/c1-4-6-13-21(3)17-18-12-11-16(20-17)19-14-7-9-15(10-8-14)22-5-2/h7-12H,4-6,13H2,1-3H3,(H,18,19,20). The molecule has 0 aliphatic heterocycles. The van der Waals surface area contributed by atoms with Crippen LogP contribution in [0.4, 0.5) is 17.5 Å². The maximum Gasteiger partial charge on any atom is 0.227 e. The van der Waals surface area contributed by atoms with E-state index < -0.39 is 0 Å². The molecular formula is C17H24N4O. The summed E-state index contributed by atoms with van der Waals surface area (Å²) in [6, 6.07) is 9.72. The molecule has 0 atom stereocenters. The van der Waals surface area contributed by atoms with Crippen LogP contribution in [0.1, 0.15) is 26.7 Å². The highest BCUT2D eigenvalue weighted by molar-refractivity contribution is 5.57. The van der Waals surface area contributed by atoms with E-state index in [1.807, 2.05) is 44.3 Å². The lowest BCUT2D eigenvalue weighted by Crippen LogP contribution is -2.21. The second-order valence-corrected chi connectivity index (χ2v) is 5.10. The van der Waals surface area contributed by atoms with Crippen LogP contribution in [-0.4, -0.2) is 30.2 Å². The molecule has 2 rings (SSSR count). The number of rotatable bonds is 8. The van der Waals surface area contributed by atoms with Gasteiger partial charge in [0.2, 0.25) is 5.95 Å². The van der Waals surface area contributed by atoms with Gasteiger partial charge in [-0.05, 0) is 43.7 Å². The molecule has 0 unspecified atom stereocenters. The van der Waals surface area contributed by atoms with Crippen molar-refractivity contribution in [3.8, 4) is 5.75 Å². The Balaban J connectivity index is 2.03. The first-order chi connectivity index (χ1) is 10.7. The molecule has 0 aliphatic rings. The molecular weight excluding hydrogens is 276 g/mol. The third kappa shape index (κ3) is 4.62. The molecule has 5 heteroatoms. The van der Waals surface area contributed by atoms with Crippen LogP contribution in [0.2, 0.25) is 0 Å². The number of unbranched alkanes of at least 4 members (excludes halogenated alkanes) is 1. The van der Waals surface area contributed by atoms with Crippen LogP contribution < -0.4 is 15.0 Å². The van der Waals surface area contributed by atoms with Gasteiger partial charge in [0.1, 0.15) is 11.6 Å². The molecule has 0 saturated carbocycles. The molecule has 0 saturated heterocycles. The molecule has 118 valence electrons. The average molecular weight is 300 g/mol. The Bertz CT molecular complexity index is 571. The van der Waals surface area contributed by atoms with Gasteiger partial charge in [0, 0.05) is 25.5 Å². The van der Waals surface area contributed by atoms with Crippen LogP contribution in [0.5, 0.6) is 5.75 Å². The first kappa shape index (κ1) is 16.1. The number of hydrogen-bond donors (Lipinski definition) is 1. The molecule has 1 heterocycles. The number of ether oxygens (including phenoxy) is 1. The Hall–Kier alpha value is -2.30. The lowest BCUT2D eigenvalue weighted by atomic mass is 10.3. The van der Waals surface area contributed by atoms with E-state index in [4.69, 9.17) is 4.74 Å². The van der Waals surface area contributed by atoms with Crippen molar-refractivity contribution >= 4 is 17.5 Å². The smallest absolute Gasteiger partial charge is 0.227 e. The third-order valence-corrected chi connectivity index (χ3v) is 3.27. The van der Waals surface area contributed by atoms with E-state index in [0.29, 0.717) is 6.61 Å². The Morgan fingerprint density at radius 2 is 1.91 bits per heavy atom. The Kier molecular flexibility index (Phi) is 6.01. The van der Waals surface area contributed by atoms with Crippen molar-refractivity contribution in [2.75, 3.05) is 30.4 Å². The minimum Gasteiger partial charge on any atom is -0.494 e. The summed E-state index contributed by atoms with van der Waals surface area (Å²) in [4.78, 5) is 11.0. The number of nitrogens with zero attached hydrogens (tertiary/aromatic N) is 3. The van der Waals surface area contributed by atoms with Crippen LogP contribution in [0, 0.1) is 0 Å². The zero-order valence-corrected chi connectivity index (χ0v) is 13.5. The van der Waals surface area contributed by atoms with E-state index in [0.717, 1.165) is 42.6 Å². The zero-order chi connectivity index (χ0) is 15.8. The normalized spacial score (nSPS) is 10.3. The molecule has 0 radical (unpaired) electrons. The van der Waals surface area contributed by atoms with Gasteiger partial charge in [-0.15, -0.1) is 0 Å². The number of nitrogens with one attached hydrogen (secondary N) is 1. The van der Waals surface area contributed by atoms with Gasteiger partial charge in [0.25, 0.3) is 0 Å². The summed E-state index contributed by atoms with van der Waals surface area (Å²) in [5.74, 6) is 2.40. The third-order valence-electron chi connectivity index (χ3n) is 3.27. The topological polar surface area (TPSA) is 50.3 Å². The van der Waals surface area contributed by atoms with E-state index in [2.05, 4.69) is 27.1 Å². The molecule has 0 amide bonds. The quantitative estimate of drug-likeness (QED) is 0.802. The van der Waals surface area contributed by atoms with Crippen LogP contribution in [0.15, 0.2) is 36.5 Å². The maximum absolute atomic E-state index is 5.44. The SMILES string of the molecule is CCCCN(C)c1nccc(Nc2ccc(OCC)cc2)n1. The lowest BCUT2D eigenvalue weighted by molar-refractivity contribution is 0.340. The van der Waals surface area contributed by atoms with Crippen molar-refractivity contribution in [1.82, 2.24) is 9.97 Å². The fourth-order valence-corrected chi connectivity index (χ4v) is 2.05. The van der Waals surface area contributed by atoms with Crippen molar-refractivity contribution in [3.63, 3.8) is 0 Å². The fraction of sp³-hybridized carbons (Fsp3) is 0.412. The molecule has 0 spiro atoms. The minimum atomic E-state index is 0.673. The molecule has 5 nitrogen and oxygen atoms in total. The first-order valence-corrected chi connectivity index (χ1v) is 7.77. The predicted octanol–water partition coefficient (Wildman–Crippen LogP) is 3.86. The van der Waals surface area contributed by atoms with Gasteiger partial charge in [0.15, 0.2) is 0 Å². The number of anilines is 3. The maximum atomic E-state index is 5.44. The van der Waals surface area contributed by atoms with Crippen LogP contribution in [0.25, 0.3) is 0 Å². The van der Waals surface area contributed by atoms with E-state index in [9.17, 15) is 0 Å². The van der Waals surface area contributed by atoms with Gasteiger partial charge in [-0.1, -0.05) is 13.3 Å². The van der Waals surface area contributed by atoms with Gasteiger partial charge in [-0.25, -0.2) is 4.98 Å². The first-order valence-electron chi connectivity index (χ1n) is 7.77. The summed E-state index contributed by atoms with van der Waals surface area (Å²) in [5.41, 5.74) is 0.976. The molecule has 1 N–H and O–H groups in total. The number of aromatic nitrogens is 2. The van der Waals surface area contributed by atoms with E-state index in [1.165, 1.54) is 0 Å². The summed E-state index contributed by atoms with van der Waals surface area (Å²) in [5, 5.41) is 3.29. The number of hydrogen-bond acceptors (Lipinski definition) is 5. The van der Waals surface area contributed by atoms with Crippen molar-refractivity contribution in [2.24, 2.45) is 0 Å². The van der Waals surface area contributed by atoms with Crippen molar-refractivity contribution in [3.05, 3.63) is 36.5 Å². The fourth-order valence-electron chi connectivity index (χ4n) is 2.05. The summed E-state index contributed by atoms with van der Waals surface area (Å²) in [7, 11) is 2.02. The van der Waals surface area contributed by atoms with Crippen LogP contribution in [0.3, 0.4) is 0 Å². The highest BCUT2D eigenvalue weighted by atomic mass is 16.5. The summed E-state index contributed by atoms with van der Waals surface area (Å²) in [6.07, 6.45) is 4.08. The molecule has 1 aromatic carbocycles. The summed E-state index contributed by atoms with van der Waals surface area (Å²) in [6.45, 7) is 5.79. The molecule has 0 bridgehead atoms. The Labute approximate surface area is 132 Å². The van der Waals surface area contributed by atoms with Gasteiger partial charge in [-0.2, -0.15) is 4.98 Å². The lowest BCUT2D eigenvalue weighted by Gasteiger charge is -2.17. The molecule has 0 fully saturated rings. The van der Waals surface area contributed by atoms with Crippen LogP contribution >= 0.6 is 0 Å². The van der Waals surface area contributed by atoms with Crippen LogP contribution in [-0.2, 0) is 0 Å². The highest BCUT2D eigenvalue weighted by Crippen LogP contribution is 2.19. The van der Waals surface area contributed by atoms with Gasteiger partial charge in [-0.3, -0.25) is 0 Å². The molecule has 1 aromatic heterocycles. The van der Waals surface area contributed by atoms with E-state index in [1.54, 1.807) is 6.20 Å². The van der Waals surface area contributed by atoms with Gasteiger partial charge >= 0.3 is 0 Å². The number of benzene rings is 1. The molecule has 22 heavy (non-hydrogen) atoms. The Morgan fingerprint density at radius 3 is 2.59 bits per heavy atom. The Morgan fingerprint density at radius 1 is 1.14 bits per heavy atom. The largest absolute Gasteiger partial charge is 0.494 e.